The Kier molecular flexibility index (Phi) is 2.28. The van der Waals surface area contributed by atoms with E-state index in [9.17, 15) is 4.79 Å². The highest BCUT2D eigenvalue weighted by atomic mass is 16.2. The van der Waals surface area contributed by atoms with Crippen molar-refractivity contribution in [2.24, 2.45) is 0 Å². The molecule has 1 rings (SSSR count). The number of anilines is 1. The van der Waals surface area contributed by atoms with E-state index < -0.39 is 0 Å². The smallest absolute Gasteiger partial charge is 0.255 e. The summed E-state index contributed by atoms with van der Waals surface area (Å²) in [5.41, 5.74) is 6.46. The van der Waals surface area contributed by atoms with Crippen LogP contribution >= 0.6 is 0 Å². The van der Waals surface area contributed by atoms with Gasteiger partial charge in [0.25, 0.3) is 5.91 Å². The zero-order valence-corrected chi connectivity index (χ0v) is 7.11. The third-order valence-electron chi connectivity index (χ3n) is 1.49. The maximum Gasteiger partial charge on any atom is 0.255 e. The highest BCUT2D eigenvalue weighted by Gasteiger charge is 2.10. The summed E-state index contributed by atoms with van der Waals surface area (Å²) in [5, 5.41) is 0. The number of hydrogen-bond acceptors (Lipinski definition) is 3. The second-order valence-corrected chi connectivity index (χ2v) is 2.66. The van der Waals surface area contributed by atoms with E-state index in [-0.39, 0.29) is 5.91 Å². The van der Waals surface area contributed by atoms with Gasteiger partial charge in [0.2, 0.25) is 0 Å². The van der Waals surface area contributed by atoms with Gasteiger partial charge >= 0.3 is 0 Å². The van der Waals surface area contributed by atoms with Crippen LogP contribution in [0.4, 0.5) is 5.69 Å². The number of carbonyl (C=O) groups excluding carboxylic acids is 1. The van der Waals surface area contributed by atoms with Gasteiger partial charge < -0.3 is 10.6 Å². The molecule has 2 N–H and O–H groups in total. The molecule has 0 bridgehead atoms. The molecule has 12 heavy (non-hydrogen) atoms. The van der Waals surface area contributed by atoms with Crippen LogP contribution in [-0.4, -0.2) is 29.9 Å². The number of nitrogens with two attached hydrogens (primary N) is 1. The zero-order chi connectivity index (χ0) is 9.14. The van der Waals surface area contributed by atoms with Crippen molar-refractivity contribution in [1.29, 1.82) is 0 Å². The summed E-state index contributed by atoms with van der Waals surface area (Å²) in [6.07, 6.45) is 3.02. The third-order valence-corrected chi connectivity index (χ3v) is 1.49. The van der Waals surface area contributed by atoms with E-state index in [1.807, 2.05) is 0 Å². The molecular weight excluding hydrogens is 154 g/mol. The standard InChI is InChI=1S/C8H11N3O/c1-11(2)8(12)6-3-4-10-5-7(6)9/h3-5H,9H2,1-2H3. The lowest BCUT2D eigenvalue weighted by molar-refractivity contribution is 0.0828. The first-order chi connectivity index (χ1) is 5.63. The van der Waals surface area contributed by atoms with Crippen molar-refractivity contribution in [2.45, 2.75) is 0 Å². The second-order valence-electron chi connectivity index (χ2n) is 2.66. The van der Waals surface area contributed by atoms with Crippen molar-refractivity contribution in [3.05, 3.63) is 24.0 Å². The number of carbonyl (C=O) groups is 1. The minimum absolute atomic E-state index is 0.102. The molecule has 0 aliphatic carbocycles. The van der Waals surface area contributed by atoms with Gasteiger partial charge in [-0.25, -0.2) is 0 Å². The number of hydrogen-bond donors (Lipinski definition) is 1. The average Bonchev–Trinajstić information content (AvgIpc) is 2.04. The van der Waals surface area contributed by atoms with Gasteiger partial charge in [0.05, 0.1) is 17.4 Å². The first-order valence-electron chi connectivity index (χ1n) is 3.54. The van der Waals surface area contributed by atoms with E-state index in [4.69, 9.17) is 5.73 Å². The topological polar surface area (TPSA) is 59.2 Å². The molecule has 4 heteroatoms. The normalized spacial score (nSPS) is 9.50. The fourth-order valence-electron chi connectivity index (χ4n) is 0.842. The van der Waals surface area contributed by atoms with Crippen molar-refractivity contribution in [3.63, 3.8) is 0 Å². The molecule has 1 heterocycles. The van der Waals surface area contributed by atoms with E-state index in [1.54, 1.807) is 26.4 Å². The van der Waals surface area contributed by atoms with Crippen LogP contribution in [0.15, 0.2) is 18.5 Å². The molecule has 1 aromatic rings. The fraction of sp³-hybridized carbons (Fsp3) is 0.250. The molecule has 0 aliphatic rings. The molecule has 0 saturated heterocycles. The van der Waals surface area contributed by atoms with E-state index in [2.05, 4.69) is 4.98 Å². The molecule has 0 aliphatic heterocycles. The van der Waals surface area contributed by atoms with Crippen LogP contribution in [0.25, 0.3) is 0 Å². The Morgan fingerprint density at radius 1 is 1.58 bits per heavy atom. The molecule has 0 aromatic carbocycles. The van der Waals surface area contributed by atoms with Crippen LogP contribution in [0.1, 0.15) is 10.4 Å². The minimum atomic E-state index is -0.102. The van der Waals surface area contributed by atoms with Crippen LogP contribution < -0.4 is 5.73 Å². The second kappa shape index (κ2) is 3.21. The first kappa shape index (κ1) is 8.52. The van der Waals surface area contributed by atoms with Gasteiger partial charge in [-0.1, -0.05) is 0 Å². The number of aromatic nitrogens is 1. The van der Waals surface area contributed by atoms with Crippen molar-refractivity contribution in [2.75, 3.05) is 19.8 Å². The van der Waals surface area contributed by atoms with Crippen LogP contribution in [0.5, 0.6) is 0 Å². The van der Waals surface area contributed by atoms with E-state index >= 15 is 0 Å². The number of amides is 1. The predicted octanol–water partition coefficient (Wildman–Crippen LogP) is 0.366. The Hall–Kier alpha value is -1.58. The molecule has 64 valence electrons. The van der Waals surface area contributed by atoms with Crippen molar-refractivity contribution in [1.82, 2.24) is 9.88 Å². The van der Waals surface area contributed by atoms with E-state index in [1.165, 1.54) is 11.1 Å². The number of nitrogen functional groups attached to an aromatic ring is 1. The Labute approximate surface area is 71.0 Å². The summed E-state index contributed by atoms with van der Waals surface area (Å²) in [5.74, 6) is -0.102. The molecule has 1 aromatic heterocycles. The quantitative estimate of drug-likeness (QED) is 0.653. The Balaban J connectivity index is 3.03. The van der Waals surface area contributed by atoms with Crippen LogP contribution in [-0.2, 0) is 0 Å². The maximum absolute atomic E-state index is 11.4. The fourth-order valence-corrected chi connectivity index (χ4v) is 0.842. The lowest BCUT2D eigenvalue weighted by atomic mass is 10.2. The Bertz CT molecular complexity index is 296. The van der Waals surface area contributed by atoms with Gasteiger partial charge in [-0.05, 0) is 6.07 Å². The van der Waals surface area contributed by atoms with E-state index in [0.29, 0.717) is 11.3 Å². The van der Waals surface area contributed by atoms with Gasteiger partial charge in [0.1, 0.15) is 0 Å². The zero-order valence-electron chi connectivity index (χ0n) is 7.11. The Morgan fingerprint density at radius 3 is 2.75 bits per heavy atom. The van der Waals surface area contributed by atoms with Gasteiger partial charge in [-0.15, -0.1) is 0 Å². The minimum Gasteiger partial charge on any atom is -0.397 e. The predicted molar refractivity (Wildman–Crippen MR) is 46.7 cm³/mol. The molecule has 4 nitrogen and oxygen atoms in total. The first-order valence-corrected chi connectivity index (χ1v) is 3.54. The molecule has 0 unspecified atom stereocenters. The monoisotopic (exact) mass is 165 g/mol. The van der Waals surface area contributed by atoms with Crippen LogP contribution in [0, 0.1) is 0 Å². The molecule has 1 amide bonds. The maximum atomic E-state index is 11.4. The summed E-state index contributed by atoms with van der Waals surface area (Å²) in [6, 6.07) is 1.61. The number of pyridine rings is 1. The van der Waals surface area contributed by atoms with Crippen LogP contribution in [0.2, 0.25) is 0 Å². The molecule has 0 spiro atoms. The molecule has 0 fully saturated rings. The number of rotatable bonds is 1. The third kappa shape index (κ3) is 1.53. The van der Waals surface area contributed by atoms with Gasteiger partial charge in [-0.3, -0.25) is 9.78 Å². The molecule has 0 radical (unpaired) electrons. The summed E-state index contributed by atoms with van der Waals surface area (Å²) in [6.45, 7) is 0. The highest BCUT2D eigenvalue weighted by molar-refractivity contribution is 5.98. The van der Waals surface area contributed by atoms with Crippen molar-refractivity contribution in [3.8, 4) is 0 Å². The summed E-state index contributed by atoms with van der Waals surface area (Å²) >= 11 is 0. The lowest BCUT2D eigenvalue weighted by Crippen LogP contribution is -2.22. The lowest BCUT2D eigenvalue weighted by Gasteiger charge is -2.10. The van der Waals surface area contributed by atoms with Crippen LogP contribution in [0.3, 0.4) is 0 Å². The van der Waals surface area contributed by atoms with Crippen molar-refractivity contribution >= 4 is 11.6 Å². The summed E-state index contributed by atoms with van der Waals surface area (Å²) < 4.78 is 0. The van der Waals surface area contributed by atoms with Gasteiger partial charge in [0.15, 0.2) is 0 Å². The summed E-state index contributed by atoms with van der Waals surface area (Å²) in [4.78, 5) is 16.7. The van der Waals surface area contributed by atoms with Crippen molar-refractivity contribution < 1.29 is 4.79 Å². The molecule has 0 saturated carbocycles. The largest absolute Gasteiger partial charge is 0.397 e. The average molecular weight is 165 g/mol. The Morgan fingerprint density at radius 2 is 2.25 bits per heavy atom. The molecular formula is C8H11N3O. The SMILES string of the molecule is CN(C)C(=O)c1ccncc1N. The summed E-state index contributed by atoms with van der Waals surface area (Å²) in [7, 11) is 3.37. The van der Waals surface area contributed by atoms with E-state index in [0.717, 1.165) is 0 Å². The molecule has 0 atom stereocenters. The highest BCUT2D eigenvalue weighted by Crippen LogP contribution is 2.09. The number of nitrogens with zero attached hydrogens (tertiary/aromatic N) is 2. The van der Waals surface area contributed by atoms with Gasteiger partial charge in [0, 0.05) is 20.3 Å². The van der Waals surface area contributed by atoms with Gasteiger partial charge in [-0.2, -0.15) is 0 Å².